The summed E-state index contributed by atoms with van der Waals surface area (Å²) in [6.45, 7) is 9.16. The van der Waals surface area contributed by atoms with E-state index in [2.05, 4.69) is 34.0 Å². The number of alkyl halides is 1. The molecule has 232 valence electrons. The number of hydrogen-bond acceptors (Lipinski definition) is 10. The molecule has 1 aliphatic rings. The highest BCUT2D eigenvalue weighted by Crippen LogP contribution is 2.35. The summed E-state index contributed by atoms with van der Waals surface area (Å²) in [7, 11) is 1.68. The van der Waals surface area contributed by atoms with Gasteiger partial charge in [0, 0.05) is 50.3 Å². The van der Waals surface area contributed by atoms with Gasteiger partial charge in [0.1, 0.15) is 17.3 Å². The molecule has 11 nitrogen and oxygen atoms in total. The lowest BCUT2D eigenvalue weighted by Crippen LogP contribution is -2.36. The average molecular weight is 615 g/mol. The SMILES string of the molecule is COCCN(Cc1sc(NC(=O)c2cnc(N3CCC(C(=O)O)CC3)cn2)nc1-c1cc(C)cc(OCF)c1)CC(C)C. The molecule has 1 amide bonds. The first-order chi connectivity index (χ1) is 20.7. The summed E-state index contributed by atoms with van der Waals surface area (Å²) in [5, 5.41) is 12.5. The summed E-state index contributed by atoms with van der Waals surface area (Å²) in [6, 6.07) is 5.47. The number of nitrogens with zero attached hydrogens (tertiary/aromatic N) is 5. The van der Waals surface area contributed by atoms with Crippen molar-refractivity contribution < 1.29 is 28.6 Å². The van der Waals surface area contributed by atoms with E-state index < -0.39 is 18.7 Å². The Balaban J connectivity index is 1.55. The van der Waals surface area contributed by atoms with Gasteiger partial charge in [0.2, 0.25) is 6.86 Å². The van der Waals surface area contributed by atoms with E-state index in [9.17, 15) is 19.1 Å². The molecule has 1 fully saturated rings. The first kappa shape index (κ1) is 32.2. The molecule has 1 saturated heterocycles. The Morgan fingerprint density at radius 2 is 1.98 bits per heavy atom. The van der Waals surface area contributed by atoms with Gasteiger partial charge in [0.05, 0.1) is 30.6 Å². The zero-order chi connectivity index (χ0) is 30.9. The van der Waals surface area contributed by atoms with Gasteiger partial charge < -0.3 is 19.5 Å². The van der Waals surface area contributed by atoms with Crippen LogP contribution < -0.4 is 15.0 Å². The highest BCUT2D eigenvalue weighted by Gasteiger charge is 2.26. The number of aliphatic carboxylic acids is 1. The van der Waals surface area contributed by atoms with Crippen molar-refractivity contribution in [3.8, 4) is 17.0 Å². The van der Waals surface area contributed by atoms with Crippen LogP contribution in [0.2, 0.25) is 0 Å². The van der Waals surface area contributed by atoms with Crippen LogP contribution in [0.1, 0.15) is 47.6 Å². The fourth-order valence-corrected chi connectivity index (χ4v) is 6.08. The number of hydrogen-bond donors (Lipinski definition) is 2. The summed E-state index contributed by atoms with van der Waals surface area (Å²) in [6.07, 6.45) is 4.03. The van der Waals surface area contributed by atoms with Crippen LogP contribution in [0.15, 0.2) is 30.6 Å². The van der Waals surface area contributed by atoms with E-state index in [4.69, 9.17) is 14.5 Å². The van der Waals surface area contributed by atoms with Crippen LogP contribution in [0.4, 0.5) is 15.3 Å². The van der Waals surface area contributed by atoms with Crippen LogP contribution in [0.3, 0.4) is 0 Å². The molecule has 4 rings (SSSR count). The van der Waals surface area contributed by atoms with Crippen LogP contribution in [0.25, 0.3) is 11.3 Å². The Bertz CT molecular complexity index is 1380. The van der Waals surface area contributed by atoms with Gasteiger partial charge in [-0.1, -0.05) is 25.2 Å². The maximum Gasteiger partial charge on any atom is 0.306 e. The first-order valence-electron chi connectivity index (χ1n) is 14.3. The number of benzene rings is 1. The minimum atomic E-state index is -0.937. The quantitative estimate of drug-likeness (QED) is 0.259. The van der Waals surface area contributed by atoms with Gasteiger partial charge in [-0.2, -0.15) is 0 Å². The molecule has 3 aromatic rings. The van der Waals surface area contributed by atoms with Crippen LogP contribution >= 0.6 is 11.3 Å². The fraction of sp³-hybridized carbons (Fsp3) is 0.500. The van der Waals surface area contributed by atoms with Crippen molar-refractivity contribution in [2.45, 2.75) is 40.2 Å². The van der Waals surface area contributed by atoms with Gasteiger partial charge >= 0.3 is 5.97 Å². The molecular weight excluding hydrogens is 575 g/mol. The van der Waals surface area contributed by atoms with Crippen LogP contribution in [0.5, 0.6) is 5.75 Å². The molecule has 0 radical (unpaired) electrons. The molecular formula is C30H39FN6O5S. The summed E-state index contributed by atoms with van der Waals surface area (Å²) in [5.41, 5.74) is 2.48. The van der Waals surface area contributed by atoms with Crippen LogP contribution in [-0.2, 0) is 16.1 Å². The van der Waals surface area contributed by atoms with E-state index in [1.54, 1.807) is 19.2 Å². The number of carbonyl (C=O) groups is 2. The van der Waals surface area contributed by atoms with Crippen molar-refractivity contribution in [2.75, 3.05) is 57.0 Å². The predicted octanol–water partition coefficient (Wildman–Crippen LogP) is 4.87. The molecule has 1 aliphatic heterocycles. The predicted molar refractivity (Wildman–Crippen MR) is 163 cm³/mol. The van der Waals surface area contributed by atoms with Gasteiger partial charge in [-0.15, -0.1) is 0 Å². The first-order valence-corrected chi connectivity index (χ1v) is 15.1. The number of carboxylic acid groups (broad SMARTS) is 1. The zero-order valence-corrected chi connectivity index (χ0v) is 25.8. The van der Waals surface area contributed by atoms with E-state index in [1.807, 2.05) is 17.9 Å². The van der Waals surface area contributed by atoms with E-state index in [1.165, 1.54) is 23.7 Å². The molecule has 0 atom stereocenters. The summed E-state index contributed by atoms with van der Waals surface area (Å²) < 4.78 is 23.5. The largest absolute Gasteiger partial charge is 0.481 e. The Labute approximate surface area is 255 Å². The lowest BCUT2D eigenvalue weighted by Gasteiger charge is -2.30. The van der Waals surface area contributed by atoms with E-state index in [0.29, 0.717) is 67.4 Å². The van der Waals surface area contributed by atoms with Crippen molar-refractivity contribution in [1.29, 1.82) is 0 Å². The van der Waals surface area contributed by atoms with E-state index >= 15 is 0 Å². The fourth-order valence-electron chi connectivity index (χ4n) is 5.06. The number of carbonyl (C=O) groups excluding carboxylic acids is 1. The molecule has 2 N–H and O–H groups in total. The van der Waals surface area contributed by atoms with Gasteiger partial charge in [-0.05, 0) is 49.4 Å². The maximum absolute atomic E-state index is 13.2. The third kappa shape index (κ3) is 8.91. The topological polar surface area (TPSA) is 130 Å². The highest BCUT2D eigenvalue weighted by atomic mass is 32.1. The number of nitrogens with one attached hydrogen (secondary N) is 1. The molecule has 13 heteroatoms. The monoisotopic (exact) mass is 614 g/mol. The summed E-state index contributed by atoms with van der Waals surface area (Å²) >= 11 is 1.37. The molecule has 43 heavy (non-hydrogen) atoms. The molecule has 0 saturated carbocycles. The van der Waals surface area contributed by atoms with Gasteiger partial charge in [-0.25, -0.2) is 19.3 Å². The number of aromatic nitrogens is 3. The lowest BCUT2D eigenvalue weighted by atomic mass is 9.97. The molecule has 0 aliphatic carbocycles. The van der Waals surface area contributed by atoms with Crippen molar-refractivity contribution in [2.24, 2.45) is 11.8 Å². The number of aryl methyl sites for hydroxylation is 1. The number of halogens is 1. The second-order valence-electron chi connectivity index (χ2n) is 11.0. The number of methoxy groups -OCH3 is 1. The second-order valence-corrected chi connectivity index (χ2v) is 12.1. The average Bonchev–Trinajstić information content (AvgIpc) is 3.37. The number of anilines is 2. The Kier molecular flexibility index (Phi) is 11.4. The molecule has 3 heterocycles. The summed E-state index contributed by atoms with van der Waals surface area (Å²) in [4.78, 5) is 43.1. The number of thiazole rings is 1. The minimum absolute atomic E-state index is 0.137. The Morgan fingerprint density at radius 1 is 1.21 bits per heavy atom. The Morgan fingerprint density at radius 3 is 2.60 bits per heavy atom. The number of ether oxygens (including phenoxy) is 2. The van der Waals surface area contributed by atoms with Gasteiger partial charge in [0.15, 0.2) is 5.13 Å². The van der Waals surface area contributed by atoms with Crippen LogP contribution in [0, 0.1) is 18.8 Å². The number of piperidine rings is 1. The molecule has 2 aromatic heterocycles. The molecule has 0 spiro atoms. The third-order valence-electron chi connectivity index (χ3n) is 7.10. The maximum atomic E-state index is 13.2. The van der Waals surface area contributed by atoms with Crippen molar-refractivity contribution in [3.05, 3.63) is 46.7 Å². The number of rotatable bonds is 14. The van der Waals surface area contributed by atoms with Crippen molar-refractivity contribution >= 4 is 34.2 Å². The Hall–Kier alpha value is -3.68. The summed E-state index contributed by atoms with van der Waals surface area (Å²) in [5.74, 6) is -0.123. The van der Waals surface area contributed by atoms with Crippen molar-refractivity contribution in [1.82, 2.24) is 19.9 Å². The van der Waals surface area contributed by atoms with Gasteiger partial charge in [-0.3, -0.25) is 19.8 Å². The van der Waals surface area contributed by atoms with E-state index in [-0.39, 0.29) is 11.6 Å². The normalized spacial score (nSPS) is 14.0. The lowest BCUT2D eigenvalue weighted by molar-refractivity contribution is -0.142. The number of carboxylic acids is 1. The van der Waals surface area contributed by atoms with Gasteiger partial charge in [0.25, 0.3) is 5.91 Å². The second kappa shape index (κ2) is 15.2. The number of amides is 1. The third-order valence-corrected chi connectivity index (χ3v) is 8.06. The van der Waals surface area contributed by atoms with Crippen LogP contribution in [-0.4, -0.2) is 83.6 Å². The molecule has 1 aromatic carbocycles. The highest BCUT2D eigenvalue weighted by molar-refractivity contribution is 7.16. The zero-order valence-electron chi connectivity index (χ0n) is 25.0. The molecule has 0 bridgehead atoms. The van der Waals surface area contributed by atoms with Crippen molar-refractivity contribution in [3.63, 3.8) is 0 Å². The van der Waals surface area contributed by atoms with E-state index in [0.717, 1.165) is 29.1 Å². The standard InChI is InChI=1S/C30H39FN6O5S/c1-19(2)16-36(9-10-41-4)17-25-27(22-11-20(3)12-23(13-22)42-18-31)34-30(43-25)35-28(38)24-14-33-26(15-32-24)37-7-5-21(6-8-37)29(39)40/h11-15,19,21H,5-10,16-18H2,1-4H3,(H,39,40)(H,34,35,38). The molecule has 0 unspecified atom stereocenters. The minimum Gasteiger partial charge on any atom is -0.481 e. The smallest absolute Gasteiger partial charge is 0.306 e.